The van der Waals surface area contributed by atoms with Crippen molar-refractivity contribution in [2.24, 2.45) is 10.9 Å². The molecule has 0 bridgehead atoms. The van der Waals surface area contributed by atoms with Crippen LogP contribution >= 0.6 is 24.0 Å². The van der Waals surface area contributed by atoms with Gasteiger partial charge < -0.3 is 19.8 Å². The minimum atomic E-state index is 0. The van der Waals surface area contributed by atoms with Crippen LogP contribution in [0.25, 0.3) is 0 Å². The number of nitrogens with zero attached hydrogens (tertiary/aromatic N) is 1. The molecule has 2 N–H and O–H groups in total. The zero-order chi connectivity index (χ0) is 15.5. The third-order valence-electron chi connectivity index (χ3n) is 3.31. The minimum absolute atomic E-state index is 0. The summed E-state index contributed by atoms with van der Waals surface area (Å²) in [5.41, 5.74) is 0. The van der Waals surface area contributed by atoms with E-state index in [1.54, 1.807) is 13.3 Å². The first-order chi connectivity index (χ1) is 10.2. The molecule has 0 radical (unpaired) electrons. The fraction of sp³-hybridized carbons (Fsp3) is 0.688. The molecule has 0 saturated carbocycles. The van der Waals surface area contributed by atoms with Crippen LogP contribution < -0.4 is 10.6 Å². The van der Waals surface area contributed by atoms with E-state index in [0.29, 0.717) is 12.0 Å². The predicted octanol–water partition coefficient (Wildman–Crippen LogP) is 3.06. The number of aliphatic imine (C=N–C) groups is 1. The number of hydrogen-bond donors (Lipinski definition) is 2. The first-order valence-electron chi connectivity index (χ1n) is 7.75. The van der Waals surface area contributed by atoms with Crippen molar-refractivity contribution in [1.82, 2.24) is 10.6 Å². The summed E-state index contributed by atoms with van der Waals surface area (Å²) in [6.45, 7) is 8.83. The third kappa shape index (κ3) is 8.63. The second kappa shape index (κ2) is 12.8. The SMILES string of the molecule is CCOC(CCNC(=NC)NCCc1ccco1)C(C)C.I. The summed E-state index contributed by atoms with van der Waals surface area (Å²) in [5, 5.41) is 6.60. The zero-order valence-corrected chi connectivity index (χ0v) is 16.4. The molecule has 0 spiro atoms. The first-order valence-corrected chi connectivity index (χ1v) is 7.75. The van der Waals surface area contributed by atoms with Gasteiger partial charge >= 0.3 is 0 Å². The summed E-state index contributed by atoms with van der Waals surface area (Å²) in [5.74, 6) is 2.33. The molecule has 1 aromatic heterocycles. The molecule has 0 saturated heterocycles. The Morgan fingerprint density at radius 2 is 2.05 bits per heavy atom. The molecule has 128 valence electrons. The van der Waals surface area contributed by atoms with E-state index in [-0.39, 0.29) is 24.0 Å². The van der Waals surface area contributed by atoms with Crippen molar-refractivity contribution in [1.29, 1.82) is 0 Å². The van der Waals surface area contributed by atoms with Gasteiger partial charge in [-0.1, -0.05) is 13.8 Å². The van der Waals surface area contributed by atoms with Crippen LogP contribution in [0, 0.1) is 5.92 Å². The van der Waals surface area contributed by atoms with Gasteiger partial charge in [0.25, 0.3) is 0 Å². The van der Waals surface area contributed by atoms with Crippen molar-refractivity contribution in [3.05, 3.63) is 24.2 Å². The summed E-state index contributed by atoms with van der Waals surface area (Å²) >= 11 is 0. The van der Waals surface area contributed by atoms with E-state index in [2.05, 4.69) is 29.5 Å². The monoisotopic (exact) mass is 423 g/mol. The largest absolute Gasteiger partial charge is 0.469 e. The molecular formula is C16H30IN3O2. The Kier molecular flexibility index (Phi) is 12.3. The van der Waals surface area contributed by atoms with E-state index < -0.39 is 0 Å². The molecule has 22 heavy (non-hydrogen) atoms. The van der Waals surface area contributed by atoms with E-state index in [0.717, 1.165) is 44.3 Å². The minimum Gasteiger partial charge on any atom is -0.469 e. The maximum absolute atomic E-state index is 5.74. The maximum Gasteiger partial charge on any atom is 0.190 e. The van der Waals surface area contributed by atoms with E-state index in [4.69, 9.17) is 9.15 Å². The van der Waals surface area contributed by atoms with Crippen LogP contribution in [-0.4, -0.2) is 38.8 Å². The number of nitrogens with one attached hydrogen (secondary N) is 2. The Labute approximate surface area is 151 Å². The lowest BCUT2D eigenvalue weighted by molar-refractivity contribution is 0.0258. The van der Waals surface area contributed by atoms with Crippen molar-refractivity contribution in [3.63, 3.8) is 0 Å². The van der Waals surface area contributed by atoms with E-state index in [1.165, 1.54) is 0 Å². The van der Waals surface area contributed by atoms with Gasteiger partial charge in [0.05, 0.1) is 12.4 Å². The molecule has 1 atom stereocenters. The third-order valence-corrected chi connectivity index (χ3v) is 3.31. The summed E-state index contributed by atoms with van der Waals surface area (Å²) in [6.07, 6.45) is 3.82. The van der Waals surface area contributed by atoms with Gasteiger partial charge in [-0.15, -0.1) is 24.0 Å². The molecule has 0 aromatic carbocycles. The van der Waals surface area contributed by atoms with Crippen molar-refractivity contribution >= 4 is 29.9 Å². The van der Waals surface area contributed by atoms with Gasteiger partial charge in [-0.2, -0.15) is 0 Å². The lowest BCUT2D eigenvalue weighted by Crippen LogP contribution is -2.40. The van der Waals surface area contributed by atoms with E-state index >= 15 is 0 Å². The Bertz CT molecular complexity index is 394. The number of rotatable bonds is 9. The topological polar surface area (TPSA) is 58.8 Å². The molecule has 0 aliphatic rings. The molecular weight excluding hydrogens is 393 g/mol. The number of halogens is 1. The normalized spacial score (nSPS) is 12.9. The average Bonchev–Trinajstić information content (AvgIpc) is 2.97. The Hall–Kier alpha value is -0.760. The van der Waals surface area contributed by atoms with Gasteiger partial charge in [0.15, 0.2) is 5.96 Å². The predicted molar refractivity (Wildman–Crippen MR) is 102 cm³/mol. The number of hydrogen-bond acceptors (Lipinski definition) is 3. The lowest BCUT2D eigenvalue weighted by Gasteiger charge is -2.21. The van der Waals surface area contributed by atoms with E-state index in [1.807, 2.05) is 19.1 Å². The highest BCUT2D eigenvalue weighted by molar-refractivity contribution is 14.0. The fourth-order valence-corrected chi connectivity index (χ4v) is 2.14. The quantitative estimate of drug-likeness (QED) is 0.364. The van der Waals surface area contributed by atoms with Gasteiger partial charge in [0.2, 0.25) is 0 Å². The molecule has 1 aromatic rings. The molecule has 5 nitrogen and oxygen atoms in total. The van der Waals surface area contributed by atoms with Gasteiger partial charge in [0, 0.05) is 33.2 Å². The van der Waals surface area contributed by atoms with Crippen molar-refractivity contribution < 1.29 is 9.15 Å². The molecule has 1 unspecified atom stereocenters. The number of furan rings is 1. The Balaban J connectivity index is 0.00000441. The van der Waals surface area contributed by atoms with Gasteiger partial charge in [0.1, 0.15) is 5.76 Å². The highest BCUT2D eigenvalue weighted by Gasteiger charge is 2.12. The summed E-state index contributed by atoms with van der Waals surface area (Å²) < 4.78 is 11.0. The highest BCUT2D eigenvalue weighted by atomic mass is 127. The summed E-state index contributed by atoms with van der Waals surface area (Å²) in [6, 6.07) is 3.88. The van der Waals surface area contributed by atoms with Gasteiger partial charge in [-0.05, 0) is 31.4 Å². The molecule has 0 aliphatic heterocycles. The van der Waals surface area contributed by atoms with Crippen LogP contribution in [0.5, 0.6) is 0 Å². The summed E-state index contributed by atoms with van der Waals surface area (Å²) in [7, 11) is 1.78. The molecule has 0 fully saturated rings. The average molecular weight is 423 g/mol. The number of guanidine groups is 1. The van der Waals surface area contributed by atoms with Crippen LogP contribution in [0.3, 0.4) is 0 Å². The lowest BCUT2D eigenvalue weighted by atomic mass is 10.0. The van der Waals surface area contributed by atoms with Crippen LogP contribution in [0.2, 0.25) is 0 Å². The second-order valence-corrected chi connectivity index (χ2v) is 5.28. The molecule has 1 rings (SSSR count). The molecule has 6 heteroatoms. The highest BCUT2D eigenvalue weighted by Crippen LogP contribution is 2.09. The van der Waals surface area contributed by atoms with Crippen molar-refractivity contribution in [2.45, 2.75) is 39.7 Å². The Morgan fingerprint density at radius 1 is 1.32 bits per heavy atom. The van der Waals surface area contributed by atoms with Crippen molar-refractivity contribution in [3.8, 4) is 0 Å². The first kappa shape index (κ1) is 21.2. The molecule has 1 heterocycles. The fourth-order valence-electron chi connectivity index (χ4n) is 2.14. The zero-order valence-electron chi connectivity index (χ0n) is 14.1. The number of ether oxygens (including phenoxy) is 1. The van der Waals surface area contributed by atoms with Crippen LogP contribution in [0.4, 0.5) is 0 Å². The smallest absolute Gasteiger partial charge is 0.190 e. The van der Waals surface area contributed by atoms with Gasteiger partial charge in [-0.25, -0.2) is 0 Å². The van der Waals surface area contributed by atoms with Gasteiger partial charge in [-0.3, -0.25) is 4.99 Å². The molecule has 0 aliphatic carbocycles. The van der Waals surface area contributed by atoms with Crippen LogP contribution in [0.1, 0.15) is 33.0 Å². The van der Waals surface area contributed by atoms with E-state index in [9.17, 15) is 0 Å². The van der Waals surface area contributed by atoms with Crippen LogP contribution in [0.15, 0.2) is 27.8 Å². The summed E-state index contributed by atoms with van der Waals surface area (Å²) in [4.78, 5) is 4.22. The Morgan fingerprint density at radius 3 is 2.59 bits per heavy atom. The van der Waals surface area contributed by atoms with Crippen molar-refractivity contribution in [2.75, 3.05) is 26.7 Å². The maximum atomic E-state index is 5.74. The second-order valence-electron chi connectivity index (χ2n) is 5.28. The standard InChI is InChI=1S/C16H29N3O2.HI/c1-5-20-15(13(2)3)9-11-19-16(17-4)18-10-8-14-7-6-12-21-14;/h6-7,12-13,15H,5,8-11H2,1-4H3,(H2,17,18,19);1H. The molecule has 0 amide bonds. The van der Waals surface area contributed by atoms with Crippen LogP contribution in [-0.2, 0) is 11.2 Å².